The topological polar surface area (TPSA) is 60.5 Å². The first kappa shape index (κ1) is 16.3. The van der Waals surface area contributed by atoms with Crippen LogP contribution in [0.4, 0.5) is 18.9 Å². The maximum Gasteiger partial charge on any atom is 0.257 e. The van der Waals surface area contributed by atoms with E-state index in [0.29, 0.717) is 19.1 Å². The highest BCUT2D eigenvalue weighted by molar-refractivity contribution is 6.04. The van der Waals surface area contributed by atoms with Crippen LogP contribution in [0, 0.1) is 17.5 Å². The first-order valence-corrected chi connectivity index (χ1v) is 7.20. The zero-order valence-corrected chi connectivity index (χ0v) is 12.4. The van der Waals surface area contributed by atoms with Crippen LogP contribution in [0.2, 0.25) is 0 Å². The lowest BCUT2D eigenvalue weighted by Gasteiger charge is -2.11. The molecule has 1 amide bonds. The largest absolute Gasteiger partial charge is 0.472 e. The summed E-state index contributed by atoms with van der Waals surface area (Å²) in [4.78, 5) is 16.0. The summed E-state index contributed by atoms with van der Waals surface area (Å²) < 4.78 is 50.3. The molecule has 24 heavy (non-hydrogen) atoms. The molecule has 1 aromatic heterocycles. The lowest BCUT2D eigenvalue weighted by Crippen LogP contribution is -2.17. The van der Waals surface area contributed by atoms with Gasteiger partial charge in [-0.3, -0.25) is 4.79 Å². The maximum absolute atomic E-state index is 13.6. The zero-order chi connectivity index (χ0) is 17.1. The molecule has 0 spiro atoms. The van der Waals surface area contributed by atoms with E-state index in [4.69, 9.17) is 9.47 Å². The molecular formula is C16H13F3N2O3. The number of hydrogen-bond donors (Lipinski definition) is 1. The second kappa shape index (κ2) is 6.88. The fourth-order valence-electron chi connectivity index (χ4n) is 2.18. The van der Waals surface area contributed by atoms with Gasteiger partial charge >= 0.3 is 0 Å². The average Bonchev–Trinajstić information content (AvgIpc) is 3.09. The monoisotopic (exact) mass is 338 g/mol. The number of ether oxygens (including phenoxy) is 2. The van der Waals surface area contributed by atoms with Gasteiger partial charge in [-0.2, -0.15) is 0 Å². The zero-order valence-electron chi connectivity index (χ0n) is 12.4. The number of amides is 1. The van der Waals surface area contributed by atoms with Gasteiger partial charge < -0.3 is 14.8 Å². The highest BCUT2D eigenvalue weighted by Gasteiger charge is 2.19. The van der Waals surface area contributed by atoms with E-state index in [1.54, 1.807) is 0 Å². The van der Waals surface area contributed by atoms with E-state index < -0.39 is 29.0 Å². The quantitative estimate of drug-likeness (QED) is 0.871. The molecule has 1 N–H and O–H groups in total. The molecule has 1 aromatic carbocycles. The molecule has 2 aromatic rings. The molecule has 5 nitrogen and oxygen atoms in total. The number of carbonyl (C=O) groups excluding carboxylic acids is 1. The summed E-state index contributed by atoms with van der Waals surface area (Å²) in [6.45, 7) is 1.12. The van der Waals surface area contributed by atoms with E-state index in [-0.39, 0.29) is 11.7 Å². The van der Waals surface area contributed by atoms with Crippen molar-refractivity contribution in [1.82, 2.24) is 4.98 Å². The van der Waals surface area contributed by atoms with Gasteiger partial charge in [0.05, 0.1) is 24.5 Å². The summed E-state index contributed by atoms with van der Waals surface area (Å²) in [7, 11) is 0. The van der Waals surface area contributed by atoms with Crippen molar-refractivity contribution in [3.8, 4) is 5.88 Å². The smallest absolute Gasteiger partial charge is 0.257 e. The summed E-state index contributed by atoms with van der Waals surface area (Å²) >= 11 is 0. The standard InChI is InChI=1S/C16H13F3N2O3/c17-11-2-3-12(15(19)14(11)18)21-16(22)9-1-4-13(20-7-9)24-10-5-6-23-8-10/h1-4,7,10H,5-6,8H2,(H,21,22)/t10-/m1/s1. The van der Waals surface area contributed by atoms with Gasteiger partial charge in [-0.25, -0.2) is 18.2 Å². The number of nitrogens with zero attached hydrogens (tertiary/aromatic N) is 1. The number of carbonyl (C=O) groups is 1. The van der Waals surface area contributed by atoms with Crippen molar-refractivity contribution in [2.45, 2.75) is 12.5 Å². The molecule has 2 heterocycles. The number of benzene rings is 1. The van der Waals surface area contributed by atoms with Gasteiger partial charge in [0.25, 0.3) is 5.91 Å². The summed E-state index contributed by atoms with van der Waals surface area (Å²) in [6, 6.07) is 4.60. The summed E-state index contributed by atoms with van der Waals surface area (Å²) in [5, 5.41) is 2.17. The Morgan fingerprint density at radius 1 is 1.21 bits per heavy atom. The third-order valence-electron chi connectivity index (χ3n) is 3.46. The molecule has 1 aliphatic heterocycles. The predicted molar refractivity (Wildman–Crippen MR) is 78.4 cm³/mol. The molecule has 8 heteroatoms. The lowest BCUT2D eigenvalue weighted by molar-refractivity contribution is 0.102. The molecule has 0 bridgehead atoms. The molecule has 126 valence electrons. The Morgan fingerprint density at radius 2 is 2.04 bits per heavy atom. The van der Waals surface area contributed by atoms with E-state index in [1.807, 2.05) is 0 Å². The molecule has 1 saturated heterocycles. The second-order valence-electron chi connectivity index (χ2n) is 5.17. The summed E-state index contributed by atoms with van der Waals surface area (Å²) in [5.41, 5.74) is -0.337. The number of anilines is 1. The Hall–Kier alpha value is -2.61. The van der Waals surface area contributed by atoms with Crippen LogP contribution in [0.25, 0.3) is 0 Å². The van der Waals surface area contributed by atoms with Crippen LogP contribution < -0.4 is 10.1 Å². The number of rotatable bonds is 4. The molecule has 0 aliphatic carbocycles. The van der Waals surface area contributed by atoms with E-state index in [9.17, 15) is 18.0 Å². The third-order valence-corrected chi connectivity index (χ3v) is 3.46. The maximum atomic E-state index is 13.6. The van der Waals surface area contributed by atoms with Gasteiger partial charge in [0, 0.05) is 18.7 Å². The van der Waals surface area contributed by atoms with Crippen molar-refractivity contribution in [2.24, 2.45) is 0 Å². The third kappa shape index (κ3) is 3.48. The molecule has 0 unspecified atom stereocenters. The molecule has 0 radical (unpaired) electrons. The van der Waals surface area contributed by atoms with Gasteiger partial charge in [0.1, 0.15) is 6.10 Å². The Balaban J connectivity index is 1.68. The summed E-state index contributed by atoms with van der Waals surface area (Å²) in [5.74, 6) is -4.81. The van der Waals surface area contributed by atoms with Gasteiger partial charge in [-0.05, 0) is 18.2 Å². The van der Waals surface area contributed by atoms with Crippen molar-refractivity contribution in [3.05, 3.63) is 53.5 Å². The summed E-state index contributed by atoms with van der Waals surface area (Å²) in [6.07, 6.45) is 1.94. The molecule has 1 atom stereocenters. The fourth-order valence-corrected chi connectivity index (χ4v) is 2.18. The van der Waals surface area contributed by atoms with Gasteiger partial charge in [0.15, 0.2) is 17.5 Å². The Labute approximate surface area is 135 Å². The van der Waals surface area contributed by atoms with E-state index >= 15 is 0 Å². The first-order valence-electron chi connectivity index (χ1n) is 7.20. The van der Waals surface area contributed by atoms with E-state index in [2.05, 4.69) is 10.3 Å². The molecular weight excluding hydrogens is 325 g/mol. The van der Waals surface area contributed by atoms with Gasteiger partial charge in [0.2, 0.25) is 5.88 Å². The normalized spacial score (nSPS) is 16.9. The number of nitrogens with one attached hydrogen (secondary N) is 1. The molecule has 0 saturated carbocycles. The van der Waals surface area contributed by atoms with Crippen LogP contribution in [-0.2, 0) is 4.74 Å². The van der Waals surface area contributed by atoms with Crippen molar-refractivity contribution >= 4 is 11.6 Å². The molecule has 1 fully saturated rings. The van der Waals surface area contributed by atoms with Crippen molar-refractivity contribution in [1.29, 1.82) is 0 Å². The van der Waals surface area contributed by atoms with Crippen molar-refractivity contribution in [3.63, 3.8) is 0 Å². The van der Waals surface area contributed by atoms with Gasteiger partial charge in [-0.1, -0.05) is 0 Å². The Kier molecular flexibility index (Phi) is 4.66. The first-order chi connectivity index (χ1) is 11.5. The second-order valence-corrected chi connectivity index (χ2v) is 5.17. The lowest BCUT2D eigenvalue weighted by atomic mass is 10.2. The van der Waals surface area contributed by atoms with Crippen LogP contribution in [0.3, 0.4) is 0 Å². The van der Waals surface area contributed by atoms with Crippen LogP contribution in [-0.4, -0.2) is 30.2 Å². The Morgan fingerprint density at radius 3 is 2.71 bits per heavy atom. The minimum atomic E-state index is -1.64. The van der Waals surface area contributed by atoms with Crippen molar-refractivity contribution in [2.75, 3.05) is 18.5 Å². The predicted octanol–water partition coefficient (Wildman–Crippen LogP) is 2.92. The molecule has 3 rings (SSSR count). The highest BCUT2D eigenvalue weighted by Crippen LogP contribution is 2.21. The number of pyridine rings is 1. The van der Waals surface area contributed by atoms with Crippen LogP contribution >= 0.6 is 0 Å². The van der Waals surface area contributed by atoms with Crippen LogP contribution in [0.15, 0.2) is 30.5 Å². The highest BCUT2D eigenvalue weighted by atomic mass is 19.2. The van der Waals surface area contributed by atoms with Gasteiger partial charge in [-0.15, -0.1) is 0 Å². The van der Waals surface area contributed by atoms with Crippen LogP contribution in [0.5, 0.6) is 5.88 Å². The number of halogens is 3. The Bertz CT molecular complexity index is 747. The average molecular weight is 338 g/mol. The SMILES string of the molecule is O=C(Nc1ccc(F)c(F)c1F)c1ccc(O[C@@H]2CCOC2)nc1. The van der Waals surface area contributed by atoms with Crippen molar-refractivity contribution < 1.29 is 27.4 Å². The van der Waals surface area contributed by atoms with Crippen LogP contribution in [0.1, 0.15) is 16.8 Å². The molecule has 1 aliphatic rings. The number of hydrogen-bond acceptors (Lipinski definition) is 4. The number of aromatic nitrogens is 1. The van der Waals surface area contributed by atoms with E-state index in [0.717, 1.165) is 18.6 Å². The minimum absolute atomic E-state index is 0.0755. The fraction of sp³-hybridized carbons (Fsp3) is 0.250. The van der Waals surface area contributed by atoms with E-state index in [1.165, 1.54) is 18.3 Å². The minimum Gasteiger partial charge on any atom is -0.472 e.